The Hall–Kier alpha value is -0.0800. The molecule has 0 spiro atoms. The predicted octanol–water partition coefficient (Wildman–Crippen LogP) is 3.67. The van der Waals surface area contributed by atoms with Crippen LogP contribution in [0.25, 0.3) is 0 Å². The molecule has 0 amide bonds. The molecule has 0 aromatic carbocycles. The van der Waals surface area contributed by atoms with Crippen molar-refractivity contribution in [3.05, 3.63) is 0 Å². The highest BCUT2D eigenvalue weighted by Crippen LogP contribution is 2.38. The van der Waals surface area contributed by atoms with Crippen molar-refractivity contribution in [2.45, 2.75) is 78.3 Å². The summed E-state index contributed by atoms with van der Waals surface area (Å²) < 4.78 is 0. The van der Waals surface area contributed by atoms with E-state index < -0.39 is 0 Å². The first-order valence-corrected chi connectivity index (χ1v) is 8.49. The van der Waals surface area contributed by atoms with E-state index in [0.29, 0.717) is 5.41 Å². The summed E-state index contributed by atoms with van der Waals surface area (Å²) in [4.78, 5) is 2.82. The lowest BCUT2D eigenvalue weighted by molar-refractivity contribution is 0.0670. The third kappa shape index (κ3) is 4.19. The smallest absolute Gasteiger partial charge is 0.0254 e. The first-order valence-electron chi connectivity index (χ1n) is 8.49. The van der Waals surface area contributed by atoms with Gasteiger partial charge < -0.3 is 5.32 Å². The Labute approximate surface area is 120 Å². The van der Waals surface area contributed by atoms with Crippen LogP contribution in [0.3, 0.4) is 0 Å². The third-order valence-electron chi connectivity index (χ3n) is 5.34. The van der Waals surface area contributed by atoms with E-state index in [-0.39, 0.29) is 0 Å². The molecule has 3 unspecified atom stereocenters. The second-order valence-electron chi connectivity index (χ2n) is 7.71. The van der Waals surface area contributed by atoms with Crippen molar-refractivity contribution in [2.24, 2.45) is 11.3 Å². The van der Waals surface area contributed by atoms with Crippen molar-refractivity contribution in [2.75, 3.05) is 19.6 Å². The van der Waals surface area contributed by atoms with E-state index in [1.807, 2.05) is 0 Å². The van der Waals surface area contributed by atoms with Gasteiger partial charge in [-0.2, -0.15) is 0 Å². The van der Waals surface area contributed by atoms with Gasteiger partial charge in [0, 0.05) is 12.1 Å². The number of likely N-dealkylation sites (tertiary alicyclic amines) is 1. The molecular formula is C17H34N2. The van der Waals surface area contributed by atoms with Crippen LogP contribution in [0.2, 0.25) is 0 Å². The summed E-state index contributed by atoms with van der Waals surface area (Å²) in [5.74, 6) is 0.930. The van der Waals surface area contributed by atoms with Crippen molar-refractivity contribution in [1.82, 2.24) is 10.2 Å². The quantitative estimate of drug-likeness (QED) is 0.838. The maximum Gasteiger partial charge on any atom is 0.0254 e. The van der Waals surface area contributed by atoms with E-state index in [0.717, 1.165) is 24.5 Å². The molecule has 2 aliphatic rings. The second kappa shape index (κ2) is 6.58. The van der Waals surface area contributed by atoms with Crippen LogP contribution in [0.4, 0.5) is 0 Å². The largest absolute Gasteiger partial charge is 0.313 e. The van der Waals surface area contributed by atoms with Crippen molar-refractivity contribution in [3.8, 4) is 0 Å². The summed E-state index contributed by atoms with van der Waals surface area (Å²) in [6, 6.07) is 1.50. The zero-order valence-electron chi connectivity index (χ0n) is 13.5. The lowest BCUT2D eigenvalue weighted by Crippen LogP contribution is -2.55. The fraction of sp³-hybridized carbons (Fsp3) is 1.00. The van der Waals surface area contributed by atoms with Crippen LogP contribution in [0.1, 0.15) is 66.2 Å². The van der Waals surface area contributed by atoms with E-state index in [1.165, 1.54) is 51.6 Å². The van der Waals surface area contributed by atoms with E-state index in [1.54, 1.807) is 0 Å². The van der Waals surface area contributed by atoms with E-state index in [9.17, 15) is 0 Å². The monoisotopic (exact) mass is 266 g/mol. The Kier molecular flexibility index (Phi) is 5.30. The van der Waals surface area contributed by atoms with Gasteiger partial charge >= 0.3 is 0 Å². The van der Waals surface area contributed by atoms with Gasteiger partial charge in [-0.25, -0.2) is 0 Å². The van der Waals surface area contributed by atoms with Crippen LogP contribution in [-0.4, -0.2) is 36.6 Å². The molecule has 0 bridgehead atoms. The number of nitrogens with zero attached hydrogens (tertiary/aromatic N) is 1. The van der Waals surface area contributed by atoms with Gasteiger partial charge in [0.15, 0.2) is 0 Å². The summed E-state index contributed by atoms with van der Waals surface area (Å²) in [6.07, 6.45) is 8.34. The number of hydrogen-bond donors (Lipinski definition) is 1. The van der Waals surface area contributed by atoms with E-state index in [2.05, 4.69) is 37.9 Å². The van der Waals surface area contributed by atoms with Crippen LogP contribution in [0.15, 0.2) is 0 Å². The number of nitrogens with one attached hydrogen (secondary N) is 1. The molecule has 2 heteroatoms. The molecule has 0 aromatic heterocycles. The molecule has 1 aliphatic heterocycles. The minimum atomic E-state index is 0.536. The molecule has 0 radical (unpaired) electrons. The van der Waals surface area contributed by atoms with Crippen LogP contribution in [0, 0.1) is 11.3 Å². The fourth-order valence-corrected chi connectivity index (χ4v) is 4.05. The summed E-state index contributed by atoms with van der Waals surface area (Å²) >= 11 is 0. The summed E-state index contributed by atoms with van der Waals surface area (Å²) in [7, 11) is 0. The number of likely N-dealkylation sites (N-methyl/N-ethyl adjacent to an activating group) is 1. The molecular weight excluding hydrogens is 232 g/mol. The molecule has 0 aromatic rings. The van der Waals surface area contributed by atoms with Crippen molar-refractivity contribution >= 4 is 0 Å². The first kappa shape index (κ1) is 15.3. The van der Waals surface area contributed by atoms with Gasteiger partial charge in [0.1, 0.15) is 0 Å². The molecule has 19 heavy (non-hydrogen) atoms. The Morgan fingerprint density at radius 2 is 1.95 bits per heavy atom. The normalized spacial score (nSPS) is 36.9. The summed E-state index contributed by atoms with van der Waals surface area (Å²) in [5, 5.41) is 3.76. The van der Waals surface area contributed by atoms with Crippen molar-refractivity contribution in [1.29, 1.82) is 0 Å². The Balaban J connectivity index is 2.03. The zero-order valence-corrected chi connectivity index (χ0v) is 13.5. The summed E-state index contributed by atoms with van der Waals surface area (Å²) in [6.45, 7) is 13.4. The Bertz CT molecular complexity index is 274. The minimum Gasteiger partial charge on any atom is -0.313 e. The highest BCUT2D eigenvalue weighted by Gasteiger charge is 2.37. The Morgan fingerprint density at radius 1 is 1.16 bits per heavy atom. The van der Waals surface area contributed by atoms with Crippen LogP contribution >= 0.6 is 0 Å². The SMILES string of the molecule is CCNC1CCC(C)(C)CC1N1CCCC(C)CC1. The highest BCUT2D eigenvalue weighted by molar-refractivity contribution is 4.94. The van der Waals surface area contributed by atoms with Gasteiger partial charge in [-0.15, -0.1) is 0 Å². The molecule has 1 heterocycles. The van der Waals surface area contributed by atoms with Gasteiger partial charge in [-0.3, -0.25) is 4.90 Å². The van der Waals surface area contributed by atoms with Gasteiger partial charge in [-0.05, 0) is 69.5 Å². The topological polar surface area (TPSA) is 15.3 Å². The molecule has 1 aliphatic carbocycles. The lowest BCUT2D eigenvalue weighted by atomic mass is 9.72. The van der Waals surface area contributed by atoms with E-state index in [4.69, 9.17) is 0 Å². The van der Waals surface area contributed by atoms with Crippen LogP contribution in [0.5, 0.6) is 0 Å². The number of rotatable bonds is 3. The lowest BCUT2D eigenvalue weighted by Gasteiger charge is -2.46. The highest BCUT2D eigenvalue weighted by atomic mass is 15.2. The maximum absolute atomic E-state index is 3.76. The average Bonchev–Trinajstić information content (AvgIpc) is 2.56. The summed E-state index contributed by atoms with van der Waals surface area (Å²) in [5.41, 5.74) is 0.536. The molecule has 112 valence electrons. The molecule has 2 rings (SSSR count). The molecule has 1 saturated carbocycles. The standard InChI is InChI=1S/C17H34N2/c1-5-18-15-8-10-17(3,4)13-16(15)19-11-6-7-14(2)9-12-19/h14-16,18H,5-13H2,1-4H3. The van der Waals surface area contributed by atoms with Crippen molar-refractivity contribution in [3.63, 3.8) is 0 Å². The maximum atomic E-state index is 3.76. The zero-order chi connectivity index (χ0) is 13.9. The molecule has 3 atom stereocenters. The molecule has 2 nitrogen and oxygen atoms in total. The molecule has 1 saturated heterocycles. The first-order chi connectivity index (χ1) is 9.02. The van der Waals surface area contributed by atoms with Crippen LogP contribution < -0.4 is 5.32 Å². The molecule has 1 N–H and O–H groups in total. The second-order valence-corrected chi connectivity index (χ2v) is 7.71. The number of hydrogen-bond acceptors (Lipinski definition) is 2. The fourth-order valence-electron chi connectivity index (χ4n) is 4.05. The molecule has 2 fully saturated rings. The van der Waals surface area contributed by atoms with Crippen LogP contribution in [-0.2, 0) is 0 Å². The van der Waals surface area contributed by atoms with Crippen molar-refractivity contribution < 1.29 is 0 Å². The Morgan fingerprint density at radius 3 is 2.68 bits per heavy atom. The van der Waals surface area contributed by atoms with Gasteiger partial charge in [0.25, 0.3) is 0 Å². The average molecular weight is 266 g/mol. The van der Waals surface area contributed by atoms with E-state index >= 15 is 0 Å². The van der Waals surface area contributed by atoms with Gasteiger partial charge in [-0.1, -0.05) is 27.7 Å². The van der Waals surface area contributed by atoms with Gasteiger partial charge in [0.2, 0.25) is 0 Å². The third-order valence-corrected chi connectivity index (χ3v) is 5.34. The van der Waals surface area contributed by atoms with Gasteiger partial charge in [0.05, 0.1) is 0 Å². The minimum absolute atomic E-state index is 0.536. The predicted molar refractivity (Wildman–Crippen MR) is 83.5 cm³/mol.